The van der Waals surface area contributed by atoms with Gasteiger partial charge in [0, 0.05) is 13.2 Å². The van der Waals surface area contributed by atoms with E-state index >= 15 is 0 Å². The quantitative estimate of drug-likeness (QED) is 0.235. The predicted molar refractivity (Wildman–Crippen MR) is 152 cm³/mol. The van der Waals surface area contributed by atoms with Crippen molar-refractivity contribution < 1.29 is 40.7 Å². The molecule has 0 bridgehead atoms. The molecule has 0 aliphatic carbocycles. The van der Waals surface area contributed by atoms with Crippen molar-refractivity contribution in [3.8, 4) is 5.75 Å². The molecule has 0 saturated carbocycles. The molecule has 3 aromatic rings. The van der Waals surface area contributed by atoms with Gasteiger partial charge in [-0.15, -0.1) is 0 Å². The van der Waals surface area contributed by atoms with Gasteiger partial charge in [-0.3, -0.25) is 13.9 Å². The van der Waals surface area contributed by atoms with Gasteiger partial charge < -0.3 is 14.8 Å². The highest BCUT2D eigenvalue weighted by Crippen LogP contribution is 2.33. The molecule has 1 aliphatic heterocycles. The normalized spacial score (nSPS) is 15.3. The molecular formula is C29H29F3N4O6S. The van der Waals surface area contributed by atoms with E-state index in [2.05, 4.69) is 15.8 Å². The lowest BCUT2D eigenvalue weighted by atomic mass is 10.2. The van der Waals surface area contributed by atoms with Gasteiger partial charge in [-0.1, -0.05) is 24.3 Å². The van der Waals surface area contributed by atoms with Crippen molar-refractivity contribution in [2.75, 3.05) is 30.6 Å². The van der Waals surface area contributed by atoms with E-state index in [4.69, 9.17) is 9.47 Å². The molecule has 4 rings (SSSR count). The zero-order chi connectivity index (χ0) is 30.9. The predicted octanol–water partition coefficient (Wildman–Crippen LogP) is 3.73. The van der Waals surface area contributed by atoms with E-state index in [0.29, 0.717) is 34.8 Å². The molecule has 10 nitrogen and oxygen atoms in total. The van der Waals surface area contributed by atoms with Gasteiger partial charge in [-0.2, -0.15) is 18.3 Å². The lowest BCUT2D eigenvalue weighted by Gasteiger charge is -2.24. The monoisotopic (exact) mass is 618 g/mol. The highest BCUT2D eigenvalue weighted by Gasteiger charge is 2.33. The summed E-state index contributed by atoms with van der Waals surface area (Å²) in [5.74, 6) is -0.740. The van der Waals surface area contributed by atoms with Crippen molar-refractivity contribution >= 4 is 33.7 Å². The molecule has 14 heteroatoms. The standard InChI is InChI=1S/C29H29F3N4O6S/c30-29(31,32)22-6-4-7-23(16-22)36(43(39,40)26-9-2-1-3-10-26)19-27(37)35-34-17-21-11-13-24(14-12-21)42-20-28(38)33-18-25-8-5-15-41-25/h1-4,6-7,9-14,16-17,25H,5,8,15,18-20H2,(H,33,38)(H,35,37)/b34-17-/t25-/m0/s1. The van der Waals surface area contributed by atoms with Crippen molar-refractivity contribution in [2.45, 2.75) is 30.0 Å². The molecule has 1 atom stereocenters. The third kappa shape index (κ3) is 9.03. The molecule has 0 radical (unpaired) electrons. The maximum atomic E-state index is 13.3. The van der Waals surface area contributed by atoms with Crippen LogP contribution in [0.3, 0.4) is 0 Å². The largest absolute Gasteiger partial charge is 0.484 e. The van der Waals surface area contributed by atoms with Gasteiger partial charge in [0.1, 0.15) is 12.3 Å². The number of hydrazone groups is 1. The van der Waals surface area contributed by atoms with Gasteiger partial charge >= 0.3 is 6.18 Å². The minimum absolute atomic E-state index is 0.0277. The molecule has 228 valence electrons. The van der Waals surface area contributed by atoms with Crippen LogP contribution in [-0.2, 0) is 30.5 Å². The van der Waals surface area contributed by atoms with Crippen LogP contribution < -0.4 is 19.8 Å². The summed E-state index contributed by atoms with van der Waals surface area (Å²) in [5, 5.41) is 6.58. The van der Waals surface area contributed by atoms with Gasteiger partial charge in [-0.05, 0) is 73.0 Å². The number of amides is 2. The first-order chi connectivity index (χ1) is 20.5. The summed E-state index contributed by atoms with van der Waals surface area (Å²) < 4.78 is 78.2. The first-order valence-electron chi connectivity index (χ1n) is 13.2. The Bertz CT molecular complexity index is 1530. The van der Waals surface area contributed by atoms with E-state index < -0.39 is 34.2 Å². The van der Waals surface area contributed by atoms with Crippen LogP contribution in [0.4, 0.5) is 18.9 Å². The first-order valence-corrected chi connectivity index (χ1v) is 14.6. The number of benzene rings is 3. The number of carbonyl (C=O) groups excluding carboxylic acids is 2. The zero-order valence-electron chi connectivity index (χ0n) is 22.8. The number of nitrogens with zero attached hydrogens (tertiary/aromatic N) is 2. The Morgan fingerprint density at radius 2 is 1.77 bits per heavy atom. The summed E-state index contributed by atoms with van der Waals surface area (Å²) in [5.41, 5.74) is 1.34. The summed E-state index contributed by atoms with van der Waals surface area (Å²) in [6, 6.07) is 17.2. The molecule has 1 fully saturated rings. The van der Waals surface area contributed by atoms with Gasteiger partial charge in [0.05, 0.1) is 28.5 Å². The van der Waals surface area contributed by atoms with Crippen LogP contribution in [0.2, 0.25) is 0 Å². The molecule has 43 heavy (non-hydrogen) atoms. The molecule has 1 heterocycles. The number of hydrogen-bond acceptors (Lipinski definition) is 7. The second-order valence-electron chi connectivity index (χ2n) is 9.46. The molecule has 3 aromatic carbocycles. The average molecular weight is 619 g/mol. The van der Waals surface area contributed by atoms with Crippen LogP contribution >= 0.6 is 0 Å². The third-order valence-corrected chi connectivity index (χ3v) is 8.07. The molecule has 1 aliphatic rings. The molecule has 2 N–H and O–H groups in total. The maximum absolute atomic E-state index is 13.3. The number of halogens is 3. The van der Waals surface area contributed by atoms with Crippen LogP contribution in [0.1, 0.15) is 24.0 Å². The highest BCUT2D eigenvalue weighted by atomic mass is 32.2. The molecule has 1 saturated heterocycles. The lowest BCUT2D eigenvalue weighted by Crippen LogP contribution is -2.39. The number of hydrogen-bond donors (Lipinski definition) is 2. The minimum atomic E-state index is -4.72. The smallest absolute Gasteiger partial charge is 0.416 e. The van der Waals surface area contributed by atoms with Gasteiger partial charge in [-0.25, -0.2) is 13.8 Å². The Kier molecular flexibility index (Phi) is 10.4. The maximum Gasteiger partial charge on any atom is 0.416 e. The van der Waals surface area contributed by atoms with Gasteiger partial charge in [0.15, 0.2) is 6.61 Å². The van der Waals surface area contributed by atoms with E-state index in [0.717, 1.165) is 25.0 Å². The number of sulfonamides is 1. The summed E-state index contributed by atoms with van der Waals surface area (Å²) in [7, 11) is -4.41. The van der Waals surface area contributed by atoms with Crippen LogP contribution in [0.15, 0.2) is 88.9 Å². The van der Waals surface area contributed by atoms with Crippen molar-refractivity contribution in [3.63, 3.8) is 0 Å². The van der Waals surface area contributed by atoms with E-state index in [9.17, 15) is 31.2 Å². The molecule has 2 amide bonds. The molecule has 0 spiro atoms. The average Bonchev–Trinajstić information content (AvgIpc) is 3.52. The van der Waals surface area contributed by atoms with E-state index in [1.54, 1.807) is 30.3 Å². The number of rotatable bonds is 12. The fourth-order valence-electron chi connectivity index (χ4n) is 4.10. The number of alkyl halides is 3. The fourth-order valence-corrected chi connectivity index (χ4v) is 5.53. The summed E-state index contributed by atoms with van der Waals surface area (Å²) in [6.07, 6.45) is -1.52. The molecule has 0 aromatic heterocycles. The summed E-state index contributed by atoms with van der Waals surface area (Å²) >= 11 is 0. The SMILES string of the molecule is O=C(COc1ccc(/C=N\NC(=O)CN(c2cccc(C(F)(F)F)c2)S(=O)(=O)c2ccccc2)cc1)NC[C@@H]1CCCO1. The minimum Gasteiger partial charge on any atom is -0.484 e. The Morgan fingerprint density at radius 3 is 2.44 bits per heavy atom. The van der Waals surface area contributed by atoms with Crippen LogP contribution in [-0.4, -0.2) is 58.9 Å². The molecular weight excluding hydrogens is 589 g/mol. The van der Waals surface area contributed by atoms with Crippen molar-refractivity contribution in [3.05, 3.63) is 90.0 Å². The summed E-state index contributed by atoms with van der Waals surface area (Å²) in [6.45, 7) is 0.117. The number of anilines is 1. The highest BCUT2D eigenvalue weighted by molar-refractivity contribution is 7.92. The summed E-state index contributed by atoms with van der Waals surface area (Å²) in [4.78, 5) is 24.5. The van der Waals surface area contributed by atoms with Gasteiger partial charge in [0.2, 0.25) is 0 Å². The van der Waals surface area contributed by atoms with Crippen molar-refractivity contribution in [1.29, 1.82) is 0 Å². The van der Waals surface area contributed by atoms with Crippen LogP contribution in [0.25, 0.3) is 0 Å². The first kappa shape index (κ1) is 31.5. The third-order valence-electron chi connectivity index (χ3n) is 6.28. The number of nitrogens with one attached hydrogen (secondary N) is 2. The van der Waals surface area contributed by atoms with E-state index in [-0.39, 0.29) is 29.2 Å². The zero-order valence-corrected chi connectivity index (χ0v) is 23.6. The lowest BCUT2D eigenvalue weighted by molar-refractivity contribution is -0.137. The topological polar surface area (TPSA) is 126 Å². The van der Waals surface area contributed by atoms with E-state index in [1.807, 2.05) is 0 Å². The Morgan fingerprint density at radius 1 is 1.02 bits per heavy atom. The Balaban J connectivity index is 1.36. The second-order valence-corrected chi connectivity index (χ2v) is 11.3. The Labute approximate surface area is 246 Å². The van der Waals surface area contributed by atoms with Crippen molar-refractivity contribution in [1.82, 2.24) is 10.7 Å². The second kappa shape index (κ2) is 14.2. The number of carbonyl (C=O) groups is 2. The van der Waals surface area contributed by atoms with Crippen LogP contribution in [0, 0.1) is 0 Å². The van der Waals surface area contributed by atoms with E-state index in [1.165, 1.54) is 36.5 Å². The fraction of sp³-hybridized carbons (Fsp3) is 0.276. The Hall–Kier alpha value is -4.43. The van der Waals surface area contributed by atoms with Crippen molar-refractivity contribution in [2.24, 2.45) is 5.10 Å². The number of ether oxygens (including phenoxy) is 2. The van der Waals surface area contributed by atoms with Crippen LogP contribution in [0.5, 0.6) is 5.75 Å². The van der Waals surface area contributed by atoms with Gasteiger partial charge in [0.25, 0.3) is 21.8 Å². The molecule has 0 unspecified atom stereocenters.